The Kier molecular flexibility index (Phi) is 9.62. The molecule has 4 saturated carbocycles. The summed E-state index contributed by atoms with van der Waals surface area (Å²) in [6.07, 6.45) is 17.6. The van der Waals surface area contributed by atoms with Crippen LogP contribution < -0.4 is 5.32 Å². The molecule has 1 N–H and O–H groups in total. The maximum atomic E-state index is 14.6. The van der Waals surface area contributed by atoms with Crippen LogP contribution in [-0.2, 0) is 19.2 Å². The number of amides is 6. The van der Waals surface area contributed by atoms with Crippen LogP contribution in [-0.4, -0.2) is 104 Å². The van der Waals surface area contributed by atoms with Gasteiger partial charge >= 0.3 is 12.1 Å². The van der Waals surface area contributed by atoms with E-state index in [-0.39, 0.29) is 65.8 Å². The van der Waals surface area contributed by atoms with Crippen LogP contribution in [0, 0.1) is 41.4 Å². The summed E-state index contributed by atoms with van der Waals surface area (Å²) < 4.78 is 0. The highest BCUT2D eigenvalue weighted by molar-refractivity contribution is 6.10. The zero-order valence-electron chi connectivity index (χ0n) is 32.7. The molecular weight excluding hydrogens is 670 g/mol. The molecule has 0 radical (unpaired) electrons. The molecule has 4 bridgehead atoms. The van der Waals surface area contributed by atoms with Crippen LogP contribution >= 0.6 is 0 Å². The van der Waals surface area contributed by atoms with E-state index in [1.165, 1.54) is 16.2 Å². The lowest BCUT2D eigenvalue weighted by Gasteiger charge is -2.53. The van der Waals surface area contributed by atoms with Crippen molar-refractivity contribution in [2.75, 3.05) is 26.7 Å². The van der Waals surface area contributed by atoms with Gasteiger partial charge in [-0.2, -0.15) is 0 Å². The van der Waals surface area contributed by atoms with Gasteiger partial charge in [0.25, 0.3) is 11.8 Å². The Hall–Kier alpha value is -2.82. The van der Waals surface area contributed by atoms with Crippen LogP contribution in [0.2, 0.25) is 0 Å². The van der Waals surface area contributed by atoms with Crippen LogP contribution in [0.15, 0.2) is 0 Å². The van der Waals surface area contributed by atoms with Crippen molar-refractivity contribution in [2.45, 2.75) is 159 Å². The molecule has 8 aliphatic rings. The lowest BCUT2D eigenvalue weighted by atomic mass is 9.63. The minimum Gasteiger partial charge on any atom is -0.323 e. The number of fused-ring (bicyclic) bond motifs is 7. The van der Waals surface area contributed by atoms with E-state index >= 15 is 0 Å². The zero-order valence-corrected chi connectivity index (χ0v) is 32.7. The van der Waals surface area contributed by atoms with Gasteiger partial charge in [0.2, 0.25) is 0 Å². The van der Waals surface area contributed by atoms with E-state index in [0.29, 0.717) is 30.1 Å². The summed E-state index contributed by atoms with van der Waals surface area (Å²) in [6.45, 7) is 6.32. The third-order valence-corrected chi connectivity index (χ3v) is 16.7. The SMILES string of the molecule is CC1CCCC1C1(C)C(=O)N(CC(=O)C2CC3CN2C2(CCCC(C(=O)CN4C(=O)NC(C)(C5CCCCC5)C4=O)C2)C2CCCCC3C2)C(=O)N1C. The molecule has 8 fully saturated rings. The van der Waals surface area contributed by atoms with Gasteiger partial charge in [-0.3, -0.25) is 33.9 Å². The first-order chi connectivity index (χ1) is 25.3. The van der Waals surface area contributed by atoms with E-state index in [9.17, 15) is 28.8 Å². The van der Waals surface area contributed by atoms with Gasteiger partial charge in [-0.25, -0.2) is 9.59 Å². The molecule has 11 atom stereocenters. The quantitative estimate of drug-likeness (QED) is 0.307. The number of hydrogen-bond donors (Lipinski definition) is 1. The van der Waals surface area contributed by atoms with Gasteiger partial charge in [0.05, 0.1) is 19.1 Å². The molecule has 0 aromatic carbocycles. The average Bonchev–Trinajstić information content (AvgIpc) is 3.81. The summed E-state index contributed by atoms with van der Waals surface area (Å²) in [5.74, 6) is 0.839. The summed E-state index contributed by atoms with van der Waals surface area (Å²) in [5, 5.41) is 2.99. The summed E-state index contributed by atoms with van der Waals surface area (Å²) in [6, 6.07) is -1.22. The molecular formula is C42H63N5O6. The average molecular weight is 734 g/mol. The highest BCUT2D eigenvalue weighted by Crippen LogP contribution is 2.56. The number of nitrogens with one attached hydrogen (secondary N) is 1. The van der Waals surface area contributed by atoms with Crippen molar-refractivity contribution < 1.29 is 28.8 Å². The highest BCUT2D eigenvalue weighted by Gasteiger charge is 2.61. The van der Waals surface area contributed by atoms with Gasteiger partial charge < -0.3 is 10.2 Å². The van der Waals surface area contributed by atoms with Gasteiger partial charge in [0.15, 0.2) is 11.6 Å². The first kappa shape index (κ1) is 37.1. The Morgan fingerprint density at radius 3 is 2.17 bits per heavy atom. The van der Waals surface area contributed by atoms with Crippen LogP contribution in [0.5, 0.6) is 0 Å². The Labute approximate surface area is 315 Å². The number of urea groups is 2. The van der Waals surface area contributed by atoms with Crippen molar-refractivity contribution in [1.82, 2.24) is 24.9 Å². The summed E-state index contributed by atoms with van der Waals surface area (Å²) in [5.41, 5.74) is -2.24. The zero-order chi connectivity index (χ0) is 37.4. The molecule has 6 amide bonds. The molecule has 8 rings (SSSR count). The second-order valence-corrected chi connectivity index (χ2v) is 19.2. The van der Waals surface area contributed by atoms with Gasteiger partial charge in [-0.05, 0) is 107 Å². The van der Waals surface area contributed by atoms with Gasteiger partial charge in [-0.1, -0.05) is 64.7 Å². The van der Waals surface area contributed by atoms with E-state index in [4.69, 9.17) is 0 Å². The molecule has 4 aliphatic heterocycles. The van der Waals surface area contributed by atoms with Crippen molar-refractivity contribution in [1.29, 1.82) is 0 Å². The number of hydrogen-bond acceptors (Lipinski definition) is 7. The van der Waals surface area contributed by atoms with Crippen molar-refractivity contribution >= 4 is 35.4 Å². The molecule has 0 aromatic rings. The fourth-order valence-corrected chi connectivity index (χ4v) is 13.5. The molecule has 11 heteroatoms. The maximum Gasteiger partial charge on any atom is 0.327 e. The topological polar surface area (TPSA) is 127 Å². The molecule has 0 aromatic heterocycles. The minimum atomic E-state index is -0.958. The van der Waals surface area contributed by atoms with Crippen molar-refractivity contribution in [2.24, 2.45) is 41.4 Å². The second-order valence-electron chi connectivity index (χ2n) is 19.2. The highest BCUT2D eigenvalue weighted by atomic mass is 16.2. The largest absolute Gasteiger partial charge is 0.327 e. The molecule has 1 spiro atoms. The van der Waals surface area contributed by atoms with Crippen LogP contribution in [0.1, 0.15) is 136 Å². The number of nitrogens with zero attached hydrogens (tertiary/aromatic N) is 4. The maximum absolute atomic E-state index is 14.6. The number of Topliss-reactive ketones (excluding diaryl/α,β-unsaturated/α-hetero) is 2. The minimum absolute atomic E-state index is 0.0507. The molecule has 4 saturated heterocycles. The summed E-state index contributed by atoms with van der Waals surface area (Å²) in [4.78, 5) is 90.4. The summed E-state index contributed by atoms with van der Waals surface area (Å²) >= 11 is 0. The Morgan fingerprint density at radius 1 is 0.736 bits per heavy atom. The van der Waals surface area contributed by atoms with E-state index in [2.05, 4.69) is 17.1 Å². The molecule has 11 nitrogen and oxygen atoms in total. The number of imide groups is 2. The van der Waals surface area contributed by atoms with Crippen LogP contribution in [0.4, 0.5) is 9.59 Å². The number of carbonyl (C=O) groups excluding carboxylic acids is 6. The number of carbonyl (C=O) groups is 6. The van der Waals surface area contributed by atoms with Crippen LogP contribution in [0.25, 0.3) is 0 Å². The normalized spacial score (nSPS) is 43.4. The van der Waals surface area contributed by atoms with E-state index < -0.39 is 23.2 Å². The lowest BCUT2D eigenvalue weighted by Crippen LogP contribution is -2.61. The number of rotatable bonds is 8. The number of likely N-dealkylation sites (N-methyl/N-ethyl adjacent to an activating group) is 1. The fraction of sp³-hybridized carbons (Fsp3) is 0.857. The van der Waals surface area contributed by atoms with Gasteiger partial charge in [0, 0.05) is 25.0 Å². The molecule has 4 aliphatic carbocycles. The van der Waals surface area contributed by atoms with Gasteiger partial charge in [0.1, 0.15) is 11.1 Å². The molecule has 53 heavy (non-hydrogen) atoms. The van der Waals surface area contributed by atoms with Crippen LogP contribution in [0.3, 0.4) is 0 Å². The fourth-order valence-electron chi connectivity index (χ4n) is 13.5. The Bertz CT molecular complexity index is 1540. The molecule has 292 valence electrons. The van der Waals surface area contributed by atoms with E-state index in [1.807, 2.05) is 13.8 Å². The molecule has 11 unspecified atom stereocenters. The first-order valence-corrected chi connectivity index (χ1v) is 21.4. The molecule has 4 heterocycles. The monoisotopic (exact) mass is 733 g/mol. The van der Waals surface area contributed by atoms with Gasteiger partial charge in [-0.15, -0.1) is 0 Å². The summed E-state index contributed by atoms with van der Waals surface area (Å²) in [7, 11) is 1.72. The van der Waals surface area contributed by atoms with Crippen molar-refractivity contribution in [3.8, 4) is 0 Å². The second kappa shape index (κ2) is 13.7. The third kappa shape index (κ3) is 5.82. The number of ketones is 2. The predicted octanol–water partition coefficient (Wildman–Crippen LogP) is 5.93. The van der Waals surface area contributed by atoms with E-state index in [1.54, 1.807) is 11.9 Å². The van der Waals surface area contributed by atoms with E-state index in [0.717, 1.165) is 109 Å². The Morgan fingerprint density at radius 2 is 1.43 bits per heavy atom. The standard InChI is InChI=1S/C42H63N5O6/c1-26-12-10-18-32(26)41(3)37(51)46(39(53)44(41)4)25-35(49)33-21-29-23-47(33)42(31-17-9-8-13-27(29)20-31)19-11-14-28(22-42)34(48)24-45-36(50)40(2,43-38(45)52)30-15-6-5-7-16-30/h26-33H,5-25H2,1-4H3,(H,43,52). The third-order valence-electron chi connectivity index (χ3n) is 16.7. The predicted molar refractivity (Wildman–Crippen MR) is 198 cm³/mol. The first-order valence-electron chi connectivity index (χ1n) is 21.4. The lowest BCUT2D eigenvalue weighted by molar-refractivity contribution is -0.141. The van der Waals surface area contributed by atoms with Crippen molar-refractivity contribution in [3.05, 3.63) is 0 Å². The smallest absolute Gasteiger partial charge is 0.323 e. The Balaban J connectivity index is 1.03. The van der Waals surface area contributed by atoms with Crippen molar-refractivity contribution in [3.63, 3.8) is 0 Å².